The first kappa shape index (κ1) is 14.2. The largest absolute Gasteiger partial charge is 0.496 e. The van der Waals surface area contributed by atoms with E-state index in [1.54, 1.807) is 25.5 Å². The first-order valence-corrected chi connectivity index (χ1v) is 5.83. The molecule has 0 radical (unpaired) electrons. The van der Waals surface area contributed by atoms with Crippen molar-refractivity contribution in [2.75, 3.05) is 7.11 Å². The molecule has 0 bridgehead atoms. The number of hydrazone groups is 1. The van der Waals surface area contributed by atoms with Gasteiger partial charge in [-0.05, 0) is 24.5 Å². The molecule has 1 amide bonds. The van der Waals surface area contributed by atoms with Gasteiger partial charge in [0.1, 0.15) is 5.75 Å². The number of hydrogen-bond donors (Lipinski definition) is 1. The first-order valence-electron chi connectivity index (χ1n) is 5.83. The van der Waals surface area contributed by atoms with Crippen LogP contribution in [0.15, 0.2) is 23.3 Å². The Morgan fingerprint density at radius 2 is 2.06 bits per heavy atom. The minimum absolute atomic E-state index is 0.0588. The predicted molar refractivity (Wildman–Crippen MR) is 73.1 cm³/mol. The van der Waals surface area contributed by atoms with E-state index < -0.39 is 0 Å². The molecule has 1 N–H and O–H groups in total. The monoisotopic (exact) mass is 248 g/mol. The molecular formula is C14H20N2O2. The highest BCUT2D eigenvalue weighted by Gasteiger charge is 2.11. The summed E-state index contributed by atoms with van der Waals surface area (Å²) in [7, 11) is 1.59. The van der Waals surface area contributed by atoms with Crippen LogP contribution in [0, 0.1) is 12.3 Å². The second kappa shape index (κ2) is 5.67. The van der Waals surface area contributed by atoms with Gasteiger partial charge in [0.05, 0.1) is 7.11 Å². The summed E-state index contributed by atoms with van der Waals surface area (Å²) in [4.78, 5) is 11.9. The van der Waals surface area contributed by atoms with E-state index >= 15 is 0 Å². The third kappa shape index (κ3) is 3.87. The lowest BCUT2D eigenvalue weighted by atomic mass is 9.99. The molecule has 0 saturated heterocycles. The fraction of sp³-hybridized carbons (Fsp3) is 0.429. The van der Waals surface area contributed by atoms with Gasteiger partial charge >= 0.3 is 0 Å². The van der Waals surface area contributed by atoms with Gasteiger partial charge in [-0.15, -0.1) is 0 Å². The van der Waals surface area contributed by atoms with E-state index in [1.807, 2.05) is 33.8 Å². The van der Waals surface area contributed by atoms with Gasteiger partial charge in [0.25, 0.3) is 5.91 Å². The summed E-state index contributed by atoms with van der Waals surface area (Å²) in [5.41, 5.74) is 3.84. The Hall–Kier alpha value is -1.84. The lowest BCUT2D eigenvalue weighted by Gasteiger charge is -2.11. The number of nitrogens with zero attached hydrogens (tertiary/aromatic N) is 1. The summed E-state index contributed by atoms with van der Waals surface area (Å²) >= 11 is 0. The van der Waals surface area contributed by atoms with Crippen molar-refractivity contribution < 1.29 is 9.53 Å². The molecule has 0 saturated carbocycles. The number of amides is 1. The molecule has 0 heterocycles. The fourth-order valence-electron chi connectivity index (χ4n) is 1.43. The topological polar surface area (TPSA) is 50.7 Å². The first-order chi connectivity index (χ1) is 8.35. The lowest BCUT2D eigenvalue weighted by Crippen LogP contribution is -2.20. The van der Waals surface area contributed by atoms with Crippen molar-refractivity contribution >= 4 is 12.1 Å². The zero-order valence-corrected chi connectivity index (χ0v) is 11.6. The van der Waals surface area contributed by atoms with Gasteiger partial charge in [0.15, 0.2) is 0 Å². The molecule has 1 aromatic rings. The molecule has 0 atom stereocenters. The molecule has 0 fully saturated rings. The summed E-state index contributed by atoms with van der Waals surface area (Å²) in [5, 5.41) is 3.95. The van der Waals surface area contributed by atoms with Crippen LogP contribution in [0.2, 0.25) is 0 Å². The molecule has 0 aliphatic rings. The zero-order chi connectivity index (χ0) is 13.8. The summed E-state index contributed by atoms with van der Waals surface area (Å²) < 4.78 is 5.18. The molecule has 0 aromatic heterocycles. The Kier molecular flexibility index (Phi) is 4.48. The van der Waals surface area contributed by atoms with Gasteiger partial charge in [-0.1, -0.05) is 26.8 Å². The van der Waals surface area contributed by atoms with E-state index in [1.165, 1.54) is 0 Å². The summed E-state index contributed by atoms with van der Waals surface area (Å²) in [6, 6.07) is 5.36. The Labute approximate surface area is 108 Å². The van der Waals surface area contributed by atoms with Crippen LogP contribution in [0.25, 0.3) is 0 Å². The van der Waals surface area contributed by atoms with Gasteiger partial charge in [0.2, 0.25) is 0 Å². The van der Waals surface area contributed by atoms with Crippen molar-refractivity contribution in [3.63, 3.8) is 0 Å². The minimum atomic E-state index is -0.230. The van der Waals surface area contributed by atoms with Gasteiger partial charge < -0.3 is 4.74 Å². The molecule has 0 unspecified atom stereocenters. The highest BCUT2D eigenvalue weighted by atomic mass is 16.5. The summed E-state index contributed by atoms with van der Waals surface area (Å²) in [6.07, 6.45) is 1.71. The van der Waals surface area contributed by atoms with Crippen LogP contribution in [0.4, 0.5) is 0 Å². The van der Waals surface area contributed by atoms with Crippen LogP contribution in [0.5, 0.6) is 5.75 Å². The Balaban J connectivity index is 2.83. The third-order valence-corrected chi connectivity index (χ3v) is 2.37. The van der Waals surface area contributed by atoms with E-state index in [0.29, 0.717) is 11.3 Å². The van der Waals surface area contributed by atoms with Gasteiger partial charge in [-0.2, -0.15) is 5.10 Å². The lowest BCUT2D eigenvalue weighted by molar-refractivity contribution is 0.0954. The van der Waals surface area contributed by atoms with E-state index in [4.69, 9.17) is 4.74 Å². The highest BCUT2D eigenvalue weighted by Crippen LogP contribution is 2.20. The number of carbonyl (C=O) groups is 1. The molecular weight excluding hydrogens is 228 g/mol. The molecule has 0 aliphatic carbocycles. The third-order valence-electron chi connectivity index (χ3n) is 2.37. The van der Waals surface area contributed by atoms with Crippen LogP contribution >= 0.6 is 0 Å². The maximum Gasteiger partial charge on any atom is 0.271 e. The molecule has 1 aromatic carbocycles. The number of methoxy groups -OCH3 is 1. The smallest absolute Gasteiger partial charge is 0.271 e. The maximum absolute atomic E-state index is 11.9. The van der Waals surface area contributed by atoms with Gasteiger partial charge in [-0.25, -0.2) is 5.43 Å². The Morgan fingerprint density at radius 1 is 1.39 bits per heavy atom. The quantitative estimate of drug-likeness (QED) is 0.660. The minimum Gasteiger partial charge on any atom is -0.496 e. The normalized spacial score (nSPS) is 11.6. The second-order valence-electron chi connectivity index (χ2n) is 5.20. The van der Waals surface area contributed by atoms with E-state index in [-0.39, 0.29) is 11.3 Å². The summed E-state index contributed by atoms with van der Waals surface area (Å²) in [6.45, 7) is 7.89. The van der Waals surface area contributed by atoms with Crippen molar-refractivity contribution in [2.45, 2.75) is 27.7 Å². The van der Waals surface area contributed by atoms with Crippen LogP contribution in [-0.4, -0.2) is 19.2 Å². The van der Waals surface area contributed by atoms with E-state index in [2.05, 4.69) is 10.5 Å². The van der Waals surface area contributed by atoms with Crippen LogP contribution in [-0.2, 0) is 0 Å². The van der Waals surface area contributed by atoms with Crippen LogP contribution < -0.4 is 10.2 Å². The number of carbonyl (C=O) groups excluding carboxylic acids is 1. The number of hydrogen-bond acceptors (Lipinski definition) is 3. The zero-order valence-electron chi connectivity index (χ0n) is 11.6. The molecule has 4 nitrogen and oxygen atoms in total. The van der Waals surface area contributed by atoms with Crippen molar-refractivity contribution in [3.05, 3.63) is 29.3 Å². The average Bonchev–Trinajstić information content (AvgIpc) is 2.27. The molecule has 0 spiro atoms. The number of benzene rings is 1. The van der Waals surface area contributed by atoms with Crippen molar-refractivity contribution in [1.82, 2.24) is 5.43 Å². The molecule has 18 heavy (non-hydrogen) atoms. The SMILES string of the molecule is COc1cccc(C(=O)N/N=C/C(C)(C)C)c1C. The maximum atomic E-state index is 11.9. The predicted octanol–water partition coefficient (Wildman–Crippen LogP) is 2.77. The number of nitrogens with one attached hydrogen (secondary N) is 1. The van der Waals surface area contributed by atoms with Crippen LogP contribution in [0.1, 0.15) is 36.7 Å². The van der Waals surface area contributed by atoms with E-state index in [0.717, 1.165) is 5.56 Å². The van der Waals surface area contributed by atoms with E-state index in [9.17, 15) is 4.79 Å². The molecule has 4 heteroatoms. The Bertz CT molecular complexity index is 459. The van der Waals surface area contributed by atoms with Gasteiger partial charge in [0, 0.05) is 17.3 Å². The standard InChI is InChI=1S/C14H20N2O2/c1-10-11(7-6-8-12(10)18-5)13(17)16-15-9-14(2,3)4/h6-9H,1-5H3,(H,16,17)/b15-9+. The average molecular weight is 248 g/mol. The molecule has 1 rings (SSSR count). The fourth-order valence-corrected chi connectivity index (χ4v) is 1.43. The summed E-state index contributed by atoms with van der Waals surface area (Å²) in [5.74, 6) is 0.467. The van der Waals surface area contributed by atoms with Gasteiger partial charge in [-0.3, -0.25) is 4.79 Å². The van der Waals surface area contributed by atoms with Crippen LogP contribution in [0.3, 0.4) is 0 Å². The highest BCUT2D eigenvalue weighted by molar-refractivity contribution is 5.96. The van der Waals surface area contributed by atoms with Crippen molar-refractivity contribution in [1.29, 1.82) is 0 Å². The van der Waals surface area contributed by atoms with Crippen molar-refractivity contribution in [3.8, 4) is 5.75 Å². The number of ether oxygens (including phenoxy) is 1. The second-order valence-corrected chi connectivity index (χ2v) is 5.20. The molecule has 0 aliphatic heterocycles. The number of rotatable bonds is 3. The van der Waals surface area contributed by atoms with Crippen molar-refractivity contribution in [2.24, 2.45) is 10.5 Å². The molecule has 98 valence electrons. The Morgan fingerprint density at radius 3 is 2.61 bits per heavy atom.